The van der Waals surface area contributed by atoms with E-state index < -0.39 is 0 Å². The summed E-state index contributed by atoms with van der Waals surface area (Å²) in [7, 11) is 2.00. The van der Waals surface area contributed by atoms with Gasteiger partial charge in [-0.3, -0.25) is 0 Å². The Labute approximate surface area is 110 Å². The normalized spacial score (nSPS) is 30.2. The quantitative estimate of drug-likeness (QED) is 0.790. The molecule has 0 radical (unpaired) electrons. The molecule has 18 heavy (non-hydrogen) atoms. The van der Waals surface area contributed by atoms with Crippen molar-refractivity contribution in [1.82, 2.24) is 15.5 Å². The molecule has 0 unspecified atom stereocenters. The zero-order valence-corrected chi connectivity index (χ0v) is 11.7. The summed E-state index contributed by atoms with van der Waals surface area (Å²) in [4.78, 5) is 14.1. The van der Waals surface area contributed by atoms with Crippen LogP contribution in [0.1, 0.15) is 45.4 Å². The Morgan fingerprint density at radius 2 is 1.61 bits per heavy atom. The molecule has 0 bridgehead atoms. The van der Waals surface area contributed by atoms with E-state index in [4.69, 9.17) is 0 Å². The number of carbonyl (C=O) groups is 1. The minimum Gasteiger partial charge on any atom is -0.335 e. The van der Waals surface area contributed by atoms with Gasteiger partial charge >= 0.3 is 6.03 Å². The number of rotatable bonds is 2. The van der Waals surface area contributed by atoms with Crippen LogP contribution in [-0.2, 0) is 0 Å². The molecule has 2 fully saturated rings. The molecule has 1 aliphatic heterocycles. The highest BCUT2D eigenvalue weighted by molar-refractivity contribution is 5.74. The number of carbonyl (C=O) groups excluding carboxylic acids is 1. The third kappa shape index (κ3) is 3.61. The molecule has 2 aliphatic rings. The van der Waals surface area contributed by atoms with E-state index in [9.17, 15) is 4.79 Å². The van der Waals surface area contributed by atoms with Gasteiger partial charge in [0.15, 0.2) is 0 Å². The van der Waals surface area contributed by atoms with Crippen molar-refractivity contribution in [2.45, 2.75) is 57.5 Å². The zero-order valence-electron chi connectivity index (χ0n) is 11.7. The van der Waals surface area contributed by atoms with Crippen molar-refractivity contribution in [2.75, 3.05) is 20.1 Å². The topological polar surface area (TPSA) is 44.4 Å². The zero-order chi connectivity index (χ0) is 13.0. The number of hydrogen-bond donors (Lipinski definition) is 2. The predicted octanol–water partition coefficient (Wildman–Crippen LogP) is 1.96. The summed E-state index contributed by atoms with van der Waals surface area (Å²) in [5.41, 5.74) is 0. The third-order valence-electron chi connectivity index (χ3n) is 4.53. The van der Waals surface area contributed by atoms with Crippen molar-refractivity contribution in [3.8, 4) is 0 Å². The van der Waals surface area contributed by atoms with Gasteiger partial charge in [0.25, 0.3) is 0 Å². The van der Waals surface area contributed by atoms with Crippen molar-refractivity contribution in [3.63, 3.8) is 0 Å². The van der Waals surface area contributed by atoms with Gasteiger partial charge < -0.3 is 15.5 Å². The van der Waals surface area contributed by atoms with Crippen LogP contribution in [0.3, 0.4) is 0 Å². The molecule has 2 rings (SSSR count). The summed E-state index contributed by atoms with van der Waals surface area (Å²) in [6, 6.07) is 1.16. The van der Waals surface area contributed by atoms with Gasteiger partial charge in [-0.1, -0.05) is 6.92 Å². The van der Waals surface area contributed by atoms with Crippen molar-refractivity contribution in [2.24, 2.45) is 5.92 Å². The van der Waals surface area contributed by atoms with Gasteiger partial charge in [0.1, 0.15) is 0 Å². The van der Waals surface area contributed by atoms with E-state index in [0.29, 0.717) is 12.1 Å². The van der Waals surface area contributed by atoms with Crippen molar-refractivity contribution in [3.05, 3.63) is 0 Å². The van der Waals surface area contributed by atoms with E-state index in [2.05, 4.69) is 17.6 Å². The average Bonchev–Trinajstić information content (AvgIpc) is 2.41. The molecule has 2 N–H and O–H groups in total. The van der Waals surface area contributed by atoms with E-state index in [1.807, 2.05) is 11.9 Å². The summed E-state index contributed by atoms with van der Waals surface area (Å²) in [6.45, 7) is 4.08. The molecule has 1 saturated carbocycles. The van der Waals surface area contributed by atoms with E-state index in [-0.39, 0.29) is 6.03 Å². The Bertz CT molecular complexity index is 266. The average molecular weight is 253 g/mol. The maximum Gasteiger partial charge on any atom is 0.317 e. The molecular weight excluding hydrogens is 226 g/mol. The molecule has 0 atom stereocenters. The van der Waals surface area contributed by atoms with Crippen LogP contribution in [-0.4, -0.2) is 43.2 Å². The van der Waals surface area contributed by atoms with Crippen molar-refractivity contribution >= 4 is 6.03 Å². The molecule has 0 spiro atoms. The number of nitrogens with zero attached hydrogens (tertiary/aromatic N) is 1. The molecule has 4 nitrogen and oxygen atoms in total. The van der Waals surface area contributed by atoms with Crippen LogP contribution < -0.4 is 10.6 Å². The van der Waals surface area contributed by atoms with Crippen LogP contribution in [0, 0.1) is 5.92 Å². The fourth-order valence-corrected chi connectivity index (χ4v) is 3.04. The Balaban J connectivity index is 1.72. The van der Waals surface area contributed by atoms with Gasteiger partial charge in [-0.2, -0.15) is 0 Å². The molecule has 2 amide bonds. The van der Waals surface area contributed by atoms with Crippen LogP contribution in [0.4, 0.5) is 4.79 Å². The molecule has 0 aromatic rings. The summed E-state index contributed by atoms with van der Waals surface area (Å²) < 4.78 is 0. The second kappa shape index (κ2) is 6.41. The minimum atomic E-state index is 0.157. The number of urea groups is 1. The number of hydrogen-bond acceptors (Lipinski definition) is 2. The Morgan fingerprint density at radius 3 is 2.17 bits per heavy atom. The van der Waals surface area contributed by atoms with Crippen LogP contribution in [0.25, 0.3) is 0 Å². The smallest absolute Gasteiger partial charge is 0.317 e. The van der Waals surface area contributed by atoms with Gasteiger partial charge in [-0.05, 0) is 51.5 Å². The van der Waals surface area contributed by atoms with Gasteiger partial charge in [0.2, 0.25) is 0 Å². The lowest BCUT2D eigenvalue weighted by Crippen LogP contribution is -2.50. The Morgan fingerprint density at radius 1 is 1.00 bits per heavy atom. The maximum atomic E-state index is 12.1. The molecule has 4 heteroatoms. The molecule has 0 aromatic heterocycles. The van der Waals surface area contributed by atoms with Gasteiger partial charge in [0, 0.05) is 25.2 Å². The first-order valence-electron chi connectivity index (χ1n) is 7.41. The van der Waals surface area contributed by atoms with Crippen LogP contribution in [0.2, 0.25) is 0 Å². The lowest BCUT2D eigenvalue weighted by Gasteiger charge is -2.34. The molecule has 1 heterocycles. The first-order valence-corrected chi connectivity index (χ1v) is 7.41. The minimum absolute atomic E-state index is 0.157. The third-order valence-corrected chi connectivity index (χ3v) is 4.53. The molecular formula is C14H27N3O. The largest absolute Gasteiger partial charge is 0.335 e. The van der Waals surface area contributed by atoms with E-state index in [1.165, 1.54) is 12.8 Å². The fraction of sp³-hybridized carbons (Fsp3) is 0.929. The Kier molecular flexibility index (Phi) is 4.87. The SMILES string of the molecule is CNC1CCN(C(=O)NC2CCC(C)CC2)CC1. The lowest BCUT2D eigenvalue weighted by atomic mass is 9.87. The number of piperidine rings is 1. The molecule has 1 aliphatic carbocycles. The highest BCUT2D eigenvalue weighted by Gasteiger charge is 2.25. The summed E-state index contributed by atoms with van der Waals surface area (Å²) in [5, 5.41) is 6.50. The first-order chi connectivity index (χ1) is 8.69. The Hall–Kier alpha value is -0.770. The van der Waals surface area contributed by atoms with E-state index in [1.54, 1.807) is 0 Å². The van der Waals surface area contributed by atoms with Crippen molar-refractivity contribution in [1.29, 1.82) is 0 Å². The van der Waals surface area contributed by atoms with E-state index in [0.717, 1.165) is 44.7 Å². The highest BCUT2D eigenvalue weighted by Crippen LogP contribution is 2.23. The molecule has 0 aromatic carbocycles. The number of nitrogens with one attached hydrogen (secondary N) is 2. The first kappa shape index (κ1) is 13.7. The second-order valence-corrected chi connectivity index (χ2v) is 5.96. The fourth-order valence-electron chi connectivity index (χ4n) is 3.04. The van der Waals surface area contributed by atoms with Crippen LogP contribution >= 0.6 is 0 Å². The van der Waals surface area contributed by atoms with Crippen LogP contribution in [0.5, 0.6) is 0 Å². The maximum absolute atomic E-state index is 12.1. The highest BCUT2D eigenvalue weighted by atomic mass is 16.2. The van der Waals surface area contributed by atoms with Gasteiger partial charge in [0.05, 0.1) is 0 Å². The monoisotopic (exact) mass is 253 g/mol. The second-order valence-electron chi connectivity index (χ2n) is 5.96. The molecule has 1 saturated heterocycles. The van der Waals surface area contributed by atoms with Crippen LogP contribution in [0.15, 0.2) is 0 Å². The molecule has 104 valence electrons. The number of amides is 2. The van der Waals surface area contributed by atoms with E-state index >= 15 is 0 Å². The van der Waals surface area contributed by atoms with Gasteiger partial charge in [-0.15, -0.1) is 0 Å². The number of likely N-dealkylation sites (tertiary alicyclic amines) is 1. The predicted molar refractivity (Wildman–Crippen MR) is 73.6 cm³/mol. The standard InChI is InChI=1S/C14H27N3O/c1-11-3-5-13(6-4-11)16-14(18)17-9-7-12(15-2)8-10-17/h11-13,15H,3-10H2,1-2H3,(H,16,18). The lowest BCUT2D eigenvalue weighted by molar-refractivity contribution is 0.169. The summed E-state index contributed by atoms with van der Waals surface area (Å²) >= 11 is 0. The summed E-state index contributed by atoms with van der Waals surface area (Å²) in [5.74, 6) is 0.838. The van der Waals surface area contributed by atoms with Gasteiger partial charge in [-0.25, -0.2) is 4.79 Å². The summed E-state index contributed by atoms with van der Waals surface area (Å²) in [6.07, 6.45) is 6.97. The van der Waals surface area contributed by atoms with Crippen molar-refractivity contribution < 1.29 is 4.79 Å².